The molecule has 0 aliphatic carbocycles. The van der Waals surface area contributed by atoms with Gasteiger partial charge in [-0.25, -0.2) is 0 Å². The Morgan fingerprint density at radius 3 is 2.57 bits per heavy atom. The first kappa shape index (κ1) is 10.2. The summed E-state index contributed by atoms with van der Waals surface area (Å²) in [4.78, 5) is 10.2. The maximum absolute atomic E-state index is 10.2. The van der Waals surface area contributed by atoms with Crippen molar-refractivity contribution in [2.75, 3.05) is 0 Å². The number of carbonyl (C=O) groups is 1. The summed E-state index contributed by atoms with van der Waals surface area (Å²) in [6.45, 7) is 2.06. The van der Waals surface area contributed by atoms with Gasteiger partial charge in [-0.05, 0) is 12.0 Å². The Morgan fingerprint density at radius 1 is 1.50 bits per heavy atom. The predicted octanol–water partition coefficient (Wildman–Crippen LogP) is 1.13. The van der Waals surface area contributed by atoms with E-state index in [4.69, 9.17) is 5.21 Å². The highest BCUT2D eigenvalue weighted by Gasteiger charge is 2.01. The van der Waals surface area contributed by atoms with E-state index >= 15 is 0 Å². The van der Waals surface area contributed by atoms with E-state index in [1.54, 1.807) is 12.1 Å². The third kappa shape index (κ3) is 2.32. The largest absolute Gasteiger partial charge is 0.409 e. The molecule has 1 amide bonds. The van der Waals surface area contributed by atoms with Crippen molar-refractivity contribution < 1.29 is 10.0 Å². The SMILES string of the molecule is CCc1ccc(/C(=N/O)NC=O)cc1. The zero-order valence-corrected chi connectivity index (χ0v) is 7.90. The summed E-state index contributed by atoms with van der Waals surface area (Å²) in [5.74, 6) is 0.155. The Morgan fingerprint density at radius 2 is 2.14 bits per heavy atom. The standard InChI is InChI=1S/C10H12N2O2/c1-2-8-3-5-9(6-4-8)10(12-14)11-7-13/h3-7,14H,2H2,1H3,(H,11,12,13). The average molecular weight is 192 g/mol. The van der Waals surface area contributed by atoms with Gasteiger partial charge in [0, 0.05) is 5.56 Å². The zero-order valence-electron chi connectivity index (χ0n) is 7.90. The lowest BCUT2D eigenvalue weighted by Gasteiger charge is -2.03. The smallest absolute Gasteiger partial charge is 0.212 e. The highest BCUT2D eigenvalue weighted by Crippen LogP contribution is 2.05. The maximum Gasteiger partial charge on any atom is 0.212 e. The molecule has 2 N–H and O–H groups in total. The number of nitrogens with zero attached hydrogens (tertiary/aromatic N) is 1. The van der Waals surface area contributed by atoms with Crippen LogP contribution in [0.2, 0.25) is 0 Å². The van der Waals surface area contributed by atoms with Gasteiger partial charge in [0.05, 0.1) is 0 Å². The molecule has 74 valence electrons. The monoisotopic (exact) mass is 192 g/mol. The molecule has 0 unspecified atom stereocenters. The van der Waals surface area contributed by atoms with Crippen molar-refractivity contribution in [3.63, 3.8) is 0 Å². The number of benzene rings is 1. The average Bonchev–Trinajstić information content (AvgIpc) is 2.26. The molecular formula is C10H12N2O2. The lowest BCUT2D eigenvalue weighted by molar-refractivity contribution is -0.108. The molecule has 0 spiro atoms. The van der Waals surface area contributed by atoms with Crippen molar-refractivity contribution in [3.05, 3.63) is 35.4 Å². The fourth-order valence-electron chi connectivity index (χ4n) is 1.12. The third-order valence-electron chi connectivity index (χ3n) is 1.93. The Balaban J connectivity index is 2.89. The molecule has 0 saturated heterocycles. The maximum atomic E-state index is 10.2. The molecule has 0 fully saturated rings. The molecule has 0 radical (unpaired) electrons. The van der Waals surface area contributed by atoms with Crippen LogP contribution in [0.5, 0.6) is 0 Å². The van der Waals surface area contributed by atoms with E-state index in [-0.39, 0.29) is 5.84 Å². The second-order valence-electron chi connectivity index (χ2n) is 2.76. The van der Waals surface area contributed by atoms with Crippen molar-refractivity contribution in [3.8, 4) is 0 Å². The fourth-order valence-corrected chi connectivity index (χ4v) is 1.12. The Hall–Kier alpha value is -1.84. The van der Waals surface area contributed by atoms with Crippen LogP contribution in [0.25, 0.3) is 0 Å². The minimum Gasteiger partial charge on any atom is -0.409 e. The lowest BCUT2D eigenvalue weighted by atomic mass is 10.1. The van der Waals surface area contributed by atoms with Gasteiger partial charge in [0.2, 0.25) is 6.41 Å². The Kier molecular flexibility index (Phi) is 3.67. The van der Waals surface area contributed by atoms with Gasteiger partial charge in [-0.1, -0.05) is 36.3 Å². The quantitative estimate of drug-likeness (QED) is 0.248. The van der Waals surface area contributed by atoms with E-state index in [0.717, 1.165) is 6.42 Å². The predicted molar refractivity (Wildman–Crippen MR) is 53.3 cm³/mol. The van der Waals surface area contributed by atoms with E-state index in [0.29, 0.717) is 12.0 Å². The first-order valence-electron chi connectivity index (χ1n) is 4.33. The number of carbonyl (C=O) groups excluding carboxylic acids is 1. The van der Waals surface area contributed by atoms with Crippen molar-refractivity contribution in [2.45, 2.75) is 13.3 Å². The second-order valence-corrected chi connectivity index (χ2v) is 2.76. The number of rotatable bonds is 3. The molecule has 0 aliphatic rings. The van der Waals surface area contributed by atoms with Crippen LogP contribution in [-0.2, 0) is 11.2 Å². The van der Waals surface area contributed by atoms with Gasteiger partial charge in [0.1, 0.15) is 0 Å². The number of amides is 1. The Bertz CT molecular complexity index is 330. The topological polar surface area (TPSA) is 61.7 Å². The highest BCUT2D eigenvalue weighted by molar-refractivity contribution is 6.03. The summed E-state index contributed by atoms with van der Waals surface area (Å²) in [5, 5.41) is 13.9. The number of hydrogen-bond donors (Lipinski definition) is 2. The molecule has 4 nitrogen and oxygen atoms in total. The molecule has 0 heterocycles. The fraction of sp³-hybridized carbons (Fsp3) is 0.200. The molecule has 1 rings (SSSR count). The summed E-state index contributed by atoms with van der Waals surface area (Å²) in [6, 6.07) is 7.44. The van der Waals surface area contributed by atoms with E-state index < -0.39 is 0 Å². The number of amidine groups is 1. The summed E-state index contributed by atoms with van der Waals surface area (Å²) < 4.78 is 0. The zero-order chi connectivity index (χ0) is 10.4. The number of oxime groups is 1. The molecule has 1 aromatic rings. The summed E-state index contributed by atoms with van der Waals surface area (Å²) >= 11 is 0. The van der Waals surface area contributed by atoms with Crippen LogP contribution < -0.4 is 5.32 Å². The number of aryl methyl sites for hydroxylation is 1. The van der Waals surface area contributed by atoms with Gasteiger partial charge in [-0.3, -0.25) is 4.79 Å². The molecule has 4 heteroatoms. The minimum absolute atomic E-state index is 0.155. The second kappa shape index (κ2) is 5.01. The van der Waals surface area contributed by atoms with Crippen LogP contribution in [0, 0.1) is 0 Å². The van der Waals surface area contributed by atoms with Crippen molar-refractivity contribution in [2.24, 2.45) is 5.16 Å². The summed E-state index contributed by atoms with van der Waals surface area (Å²) in [5.41, 5.74) is 1.87. The first-order valence-corrected chi connectivity index (χ1v) is 4.33. The minimum atomic E-state index is 0.155. The van der Waals surface area contributed by atoms with Crippen LogP contribution in [0.4, 0.5) is 0 Å². The van der Waals surface area contributed by atoms with E-state index in [1.165, 1.54) is 5.56 Å². The van der Waals surface area contributed by atoms with Gasteiger partial charge >= 0.3 is 0 Å². The summed E-state index contributed by atoms with van der Waals surface area (Å²) in [7, 11) is 0. The molecule has 0 saturated carbocycles. The van der Waals surface area contributed by atoms with Crippen LogP contribution >= 0.6 is 0 Å². The molecule has 0 aliphatic heterocycles. The normalized spacial score (nSPS) is 11.1. The Labute approximate surface area is 82.2 Å². The molecule has 0 bridgehead atoms. The lowest BCUT2D eigenvalue weighted by Crippen LogP contribution is -2.22. The molecule has 1 aromatic carbocycles. The highest BCUT2D eigenvalue weighted by atomic mass is 16.4. The van der Waals surface area contributed by atoms with E-state index in [2.05, 4.69) is 17.4 Å². The van der Waals surface area contributed by atoms with E-state index in [1.807, 2.05) is 12.1 Å². The molecule has 0 aromatic heterocycles. The molecule has 14 heavy (non-hydrogen) atoms. The van der Waals surface area contributed by atoms with Crippen LogP contribution in [0.1, 0.15) is 18.1 Å². The molecule has 0 atom stereocenters. The van der Waals surface area contributed by atoms with Crippen LogP contribution in [-0.4, -0.2) is 17.5 Å². The third-order valence-corrected chi connectivity index (χ3v) is 1.93. The van der Waals surface area contributed by atoms with Crippen molar-refractivity contribution in [1.29, 1.82) is 0 Å². The van der Waals surface area contributed by atoms with Crippen LogP contribution in [0.15, 0.2) is 29.4 Å². The van der Waals surface area contributed by atoms with Gasteiger partial charge < -0.3 is 10.5 Å². The van der Waals surface area contributed by atoms with Crippen molar-refractivity contribution in [1.82, 2.24) is 5.32 Å². The molecular weight excluding hydrogens is 180 g/mol. The summed E-state index contributed by atoms with van der Waals surface area (Å²) in [6.07, 6.45) is 1.43. The number of hydrogen-bond acceptors (Lipinski definition) is 3. The van der Waals surface area contributed by atoms with Gasteiger partial charge in [0.25, 0.3) is 0 Å². The van der Waals surface area contributed by atoms with Crippen LogP contribution in [0.3, 0.4) is 0 Å². The van der Waals surface area contributed by atoms with Gasteiger partial charge in [0.15, 0.2) is 5.84 Å². The van der Waals surface area contributed by atoms with Gasteiger partial charge in [-0.2, -0.15) is 0 Å². The van der Waals surface area contributed by atoms with Crippen molar-refractivity contribution >= 4 is 12.2 Å². The first-order chi connectivity index (χ1) is 6.81. The number of nitrogens with one attached hydrogen (secondary N) is 1. The van der Waals surface area contributed by atoms with E-state index in [9.17, 15) is 4.79 Å². The van der Waals surface area contributed by atoms with Gasteiger partial charge in [-0.15, -0.1) is 0 Å².